The first-order valence-electron chi connectivity index (χ1n) is 5.32. The summed E-state index contributed by atoms with van der Waals surface area (Å²) in [7, 11) is 0. The lowest BCUT2D eigenvalue weighted by molar-refractivity contribution is -0.146. The van der Waals surface area contributed by atoms with E-state index in [2.05, 4.69) is 12.6 Å². The molecular weight excluding hydrogens is 223 g/mol. The smallest absolute Gasteiger partial charge is 0.295 e. The number of hydrogen-bond donors (Lipinski definition) is 1. The predicted molar refractivity (Wildman–Crippen MR) is 60.4 cm³/mol. The molecule has 0 fully saturated rings. The van der Waals surface area contributed by atoms with Gasteiger partial charge in [-0.3, -0.25) is 4.90 Å². The molecule has 0 bridgehead atoms. The van der Waals surface area contributed by atoms with Gasteiger partial charge in [-0.2, -0.15) is 25.8 Å². The normalized spacial score (nSPS) is 14.6. The molecule has 1 atom stereocenters. The van der Waals surface area contributed by atoms with Crippen molar-refractivity contribution in [1.82, 2.24) is 4.90 Å². The summed E-state index contributed by atoms with van der Waals surface area (Å²) in [6.07, 6.45) is -2.16. The molecule has 0 aliphatic heterocycles. The van der Waals surface area contributed by atoms with Crippen molar-refractivity contribution in [3.63, 3.8) is 0 Å². The molecule has 5 heteroatoms. The van der Waals surface area contributed by atoms with E-state index >= 15 is 0 Å². The van der Waals surface area contributed by atoms with Crippen molar-refractivity contribution in [2.45, 2.75) is 32.9 Å². The van der Waals surface area contributed by atoms with Crippen molar-refractivity contribution in [2.75, 3.05) is 25.4 Å². The number of halogens is 3. The second kappa shape index (κ2) is 7.39. The highest BCUT2D eigenvalue weighted by atomic mass is 32.1. The molecule has 0 aliphatic carbocycles. The topological polar surface area (TPSA) is 3.24 Å². The van der Waals surface area contributed by atoms with Crippen LogP contribution < -0.4 is 0 Å². The number of rotatable bonds is 7. The maximum absolute atomic E-state index is 12.2. The Morgan fingerprint density at radius 2 is 1.87 bits per heavy atom. The van der Waals surface area contributed by atoms with Crippen molar-refractivity contribution in [3.8, 4) is 0 Å². The lowest BCUT2D eigenvalue weighted by Crippen LogP contribution is -2.37. The number of thiol groups is 1. The Balaban J connectivity index is 4.06. The number of hydrogen-bond acceptors (Lipinski definition) is 2. The van der Waals surface area contributed by atoms with Crippen molar-refractivity contribution in [2.24, 2.45) is 5.92 Å². The van der Waals surface area contributed by atoms with Crippen LogP contribution in [0.5, 0.6) is 0 Å². The van der Waals surface area contributed by atoms with E-state index in [1.54, 1.807) is 6.92 Å². The Kier molecular flexibility index (Phi) is 7.44. The first-order chi connectivity index (χ1) is 6.92. The molecule has 0 radical (unpaired) electrons. The zero-order chi connectivity index (χ0) is 11.9. The van der Waals surface area contributed by atoms with Crippen LogP contribution in [0.3, 0.4) is 0 Å². The standard InChI is InChI=1S/C10H20F3NS/c1-3-5-9(7-15)6-14(4-2)8-10(11,12)13/h9,15H,3-8H2,1-2H3. The molecule has 0 heterocycles. The van der Waals surface area contributed by atoms with Gasteiger partial charge in [0.25, 0.3) is 0 Å². The first kappa shape index (κ1) is 15.1. The Morgan fingerprint density at radius 3 is 2.20 bits per heavy atom. The van der Waals surface area contributed by atoms with Gasteiger partial charge in [-0.25, -0.2) is 0 Å². The average molecular weight is 243 g/mol. The van der Waals surface area contributed by atoms with Gasteiger partial charge < -0.3 is 0 Å². The van der Waals surface area contributed by atoms with Gasteiger partial charge in [-0.05, 0) is 24.6 Å². The Hall–Kier alpha value is 0.100. The highest BCUT2D eigenvalue weighted by Crippen LogP contribution is 2.18. The van der Waals surface area contributed by atoms with Gasteiger partial charge in [0.05, 0.1) is 6.54 Å². The van der Waals surface area contributed by atoms with Crippen LogP contribution in [-0.4, -0.2) is 36.5 Å². The van der Waals surface area contributed by atoms with Gasteiger partial charge >= 0.3 is 6.18 Å². The van der Waals surface area contributed by atoms with Crippen LogP contribution in [0.1, 0.15) is 26.7 Å². The van der Waals surface area contributed by atoms with Gasteiger partial charge in [0, 0.05) is 6.54 Å². The zero-order valence-electron chi connectivity index (χ0n) is 9.35. The molecule has 0 aromatic heterocycles. The molecule has 0 spiro atoms. The summed E-state index contributed by atoms with van der Waals surface area (Å²) in [5, 5.41) is 0. The molecule has 0 saturated heterocycles. The lowest BCUT2D eigenvalue weighted by Gasteiger charge is -2.26. The van der Waals surface area contributed by atoms with Crippen molar-refractivity contribution >= 4 is 12.6 Å². The molecule has 1 unspecified atom stereocenters. The van der Waals surface area contributed by atoms with E-state index in [-0.39, 0.29) is 5.92 Å². The molecule has 15 heavy (non-hydrogen) atoms. The zero-order valence-corrected chi connectivity index (χ0v) is 10.2. The van der Waals surface area contributed by atoms with E-state index < -0.39 is 12.7 Å². The van der Waals surface area contributed by atoms with E-state index in [1.165, 1.54) is 4.90 Å². The number of alkyl halides is 3. The quantitative estimate of drug-likeness (QED) is 0.672. The van der Waals surface area contributed by atoms with E-state index in [0.717, 1.165) is 12.8 Å². The minimum Gasteiger partial charge on any atom is -0.295 e. The third-order valence-corrected chi connectivity index (χ3v) is 2.84. The van der Waals surface area contributed by atoms with Crippen molar-refractivity contribution in [3.05, 3.63) is 0 Å². The molecular formula is C10H20F3NS. The van der Waals surface area contributed by atoms with Crippen LogP contribution in [0.15, 0.2) is 0 Å². The van der Waals surface area contributed by atoms with Crippen LogP contribution in [-0.2, 0) is 0 Å². The molecule has 0 amide bonds. The maximum Gasteiger partial charge on any atom is 0.401 e. The molecule has 92 valence electrons. The van der Waals surface area contributed by atoms with Crippen LogP contribution in [0.25, 0.3) is 0 Å². The fourth-order valence-corrected chi connectivity index (χ4v) is 1.87. The summed E-state index contributed by atoms with van der Waals surface area (Å²) in [5.74, 6) is 0.919. The van der Waals surface area contributed by atoms with Gasteiger partial charge in [-0.1, -0.05) is 20.3 Å². The monoisotopic (exact) mass is 243 g/mol. The Morgan fingerprint density at radius 1 is 1.27 bits per heavy atom. The molecule has 0 rings (SSSR count). The van der Waals surface area contributed by atoms with E-state index in [9.17, 15) is 13.2 Å². The lowest BCUT2D eigenvalue weighted by atomic mass is 10.1. The van der Waals surface area contributed by atoms with Gasteiger partial charge in [0.1, 0.15) is 0 Å². The SMILES string of the molecule is CCCC(CS)CN(CC)CC(F)(F)F. The molecule has 1 nitrogen and oxygen atoms in total. The van der Waals surface area contributed by atoms with Gasteiger partial charge in [0.15, 0.2) is 0 Å². The van der Waals surface area contributed by atoms with Crippen molar-refractivity contribution in [1.29, 1.82) is 0 Å². The summed E-state index contributed by atoms with van der Waals surface area (Å²) in [6, 6.07) is 0. The predicted octanol–water partition coefficient (Wildman–Crippen LogP) is 3.22. The Labute approximate surface area is 95.4 Å². The highest BCUT2D eigenvalue weighted by Gasteiger charge is 2.30. The third kappa shape index (κ3) is 7.96. The van der Waals surface area contributed by atoms with Crippen LogP contribution in [0, 0.1) is 5.92 Å². The van der Waals surface area contributed by atoms with Crippen LogP contribution in [0.2, 0.25) is 0 Å². The van der Waals surface area contributed by atoms with Crippen molar-refractivity contribution < 1.29 is 13.2 Å². The second-order valence-corrected chi connectivity index (χ2v) is 4.15. The van der Waals surface area contributed by atoms with Crippen LogP contribution in [0.4, 0.5) is 13.2 Å². The molecule has 0 aliphatic rings. The highest BCUT2D eigenvalue weighted by molar-refractivity contribution is 7.80. The molecule has 0 aromatic rings. The van der Waals surface area contributed by atoms with Gasteiger partial charge in [-0.15, -0.1) is 0 Å². The summed E-state index contributed by atoms with van der Waals surface area (Å²) >= 11 is 4.17. The first-order valence-corrected chi connectivity index (χ1v) is 5.96. The Bertz CT molecular complexity index is 161. The largest absolute Gasteiger partial charge is 0.401 e. The number of nitrogens with zero attached hydrogens (tertiary/aromatic N) is 1. The minimum atomic E-state index is -4.09. The average Bonchev–Trinajstić information content (AvgIpc) is 2.13. The summed E-state index contributed by atoms with van der Waals surface area (Å²) in [4.78, 5) is 1.44. The molecule has 0 saturated carbocycles. The minimum absolute atomic E-state index is 0.264. The molecule has 0 aromatic carbocycles. The fraction of sp³-hybridized carbons (Fsp3) is 1.00. The second-order valence-electron chi connectivity index (χ2n) is 3.78. The fourth-order valence-electron chi connectivity index (χ4n) is 1.57. The summed E-state index contributed by atoms with van der Waals surface area (Å²) in [6.45, 7) is 3.92. The summed E-state index contributed by atoms with van der Waals surface area (Å²) in [5.41, 5.74) is 0. The van der Waals surface area contributed by atoms with Gasteiger partial charge in [0.2, 0.25) is 0 Å². The summed E-state index contributed by atoms with van der Waals surface area (Å²) < 4.78 is 36.5. The third-order valence-electron chi connectivity index (χ3n) is 2.32. The van der Waals surface area contributed by atoms with E-state index in [0.29, 0.717) is 18.8 Å². The van der Waals surface area contributed by atoms with E-state index in [1.807, 2.05) is 6.92 Å². The maximum atomic E-state index is 12.2. The van der Waals surface area contributed by atoms with E-state index in [4.69, 9.17) is 0 Å². The molecule has 0 N–H and O–H groups in total. The van der Waals surface area contributed by atoms with Crippen LogP contribution >= 0.6 is 12.6 Å².